The van der Waals surface area contributed by atoms with Crippen molar-refractivity contribution in [3.63, 3.8) is 0 Å². The van der Waals surface area contributed by atoms with Crippen LogP contribution in [0.3, 0.4) is 0 Å². The van der Waals surface area contributed by atoms with E-state index in [4.69, 9.17) is 0 Å². The van der Waals surface area contributed by atoms with Gasteiger partial charge in [0.25, 0.3) is 0 Å². The Balaban J connectivity index is 5.73. The molecule has 11 heteroatoms. The molecule has 0 aromatic carbocycles. The van der Waals surface area contributed by atoms with E-state index < -0.39 is 38.6 Å². The molecule has 0 saturated heterocycles. The van der Waals surface area contributed by atoms with Gasteiger partial charge in [0.1, 0.15) is 0 Å². The van der Waals surface area contributed by atoms with Crippen LogP contribution in [0, 0.1) is 0 Å². The van der Waals surface area contributed by atoms with Crippen molar-refractivity contribution < 1.29 is 43.9 Å². The van der Waals surface area contributed by atoms with E-state index in [1.165, 1.54) is 0 Å². The van der Waals surface area contributed by atoms with Gasteiger partial charge in [-0.25, -0.2) is 0 Å². The number of alkyl halides is 10. The molecule has 0 radical (unpaired) electrons. The maximum absolute atomic E-state index is 12.7. The minimum atomic E-state index is -7.21. The van der Waals surface area contributed by atoms with Crippen LogP contribution in [0.2, 0.25) is 9.88 Å². The van der Waals surface area contributed by atoms with Gasteiger partial charge in [-0.1, -0.05) is 0 Å². The van der Waals surface area contributed by atoms with Crippen molar-refractivity contribution in [3.05, 3.63) is 0 Å². The van der Waals surface area contributed by atoms with Crippen molar-refractivity contribution in [2.75, 3.05) is 0 Å². The average Bonchev–Trinajstić information content (AvgIpc) is 1.98. The summed E-state index contributed by atoms with van der Waals surface area (Å²) in [4.78, 5) is -0.564. The molecule has 0 spiro atoms. The minimum absolute atomic E-state index is 0.282. The van der Waals surface area contributed by atoms with E-state index in [0.29, 0.717) is 0 Å². The zero-order chi connectivity index (χ0) is 14.5. The first-order chi connectivity index (χ1) is 7.00. The van der Waals surface area contributed by atoms with Crippen LogP contribution in [-0.2, 0) is 0 Å². The molecule has 0 amide bonds. The summed E-state index contributed by atoms with van der Waals surface area (Å²) in [6, 6.07) is 0. The Kier molecular flexibility index (Phi) is 4.07. The van der Waals surface area contributed by atoms with Gasteiger partial charge in [-0.05, 0) is 0 Å². The standard InChI is InChI=1S/2C2F5.2CH3.Sn/c2*3-1(4)2(5,6)7;;;/h;;2*1H3;. The summed E-state index contributed by atoms with van der Waals surface area (Å²) in [6.07, 6.45) is -12.8. The summed E-state index contributed by atoms with van der Waals surface area (Å²) in [5.74, 6) is 0. The molecular formula is C6H6F10Sn. The third-order valence-electron chi connectivity index (χ3n) is 2.28. The fourth-order valence-electron chi connectivity index (χ4n) is 0.906. The van der Waals surface area contributed by atoms with Gasteiger partial charge in [0.2, 0.25) is 0 Å². The van der Waals surface area contributed by atoms with Crippen molar-refractivity contribution in [3.8, 4) is 0 Å². The van der Waals surface area contributed by atoms with Crippen LogP contribution < -0.4 is 0 Å². The molecule has 0 unspecified atom stereocenters. The Bertz CT molecular complexity index is 256. The number of hydrogen-bond donors (Lipinski definition) is 0. The van der Waals surface area contributed by atoms with E-state index in [1.54, 1.807) is 0 Å². The Labute approximate surface area is 92.8 Å². The van der Waals surface area contributed by atoms with E-state index >= 15 is 0 Å². The fourth-order valence-corrected chi connectivity index (χ4v) is 6.08. The summed E-state index contributed by atoms with van der Waals surface area (Å²) in [5.41, 5.74) is 0. The molecule has 0 aromatic rings. The summed E-state index contributed by atoms with van der Waals surface area (Å²) in [7, 11) is 0. The van der Waals surface area contributed by atoms with Gasteiger partial charge in [0.15, 0.2) is 0 Å². The van der Waals surface area contributed by atoms with Gasteiger partial charge in [-0.15, -0.1) is 0 Å². The van der Waals surface area contributed by atoms with Crippen LogP contribution in [0.1, 0.15) is 0 Å². The van der Waals surface area contributed by atoms with Crippen LogP contribution in [0.25, 0.3) is 0 Å². The molecule has 0 nitrogen and oxygen atoms in total. The van der Waals surface area contributed by atoms with Crippen molar-refractivity contribution in [1.82, 2.24) is 0 Å². The Morgan fingerprint density at radius 1 is 0.529 bits per heavy atom. The van der Waals surface area contributed by atoms with Crippen LogP contribution in [0.4, 0.5) is 43.9 Å². The van der Waals surface area contributed by atoms with Crippen molar-refractivity contribution in [2.45, 2.75) is 30.1 Å². The van der Waals surface area contributed by atoms with E-state index in [0.717, 1.165) is 0 Å². The molecule has 0 aliphatic carbocycles. The molecular weight excluding hydrogens is 381 g/mol. The summed E-state index contributed by atoms with van der Waals surface area (Å²) in [5, 5.41) is 0. The molecule has 0 heterocycles. The van der Waals surface area contributed by atoms with Gasteiger partial charge >= 0.3 is 92.4 Å². The third-order valence-corrected chi connectivity index (χ3v) is 12.9. The van der Waals surface area contributed by atoms with Gasteiger partial charge in [0, 0.05) is 0 Å². The topological polar surface area (TPSA) is 0 Å². The monoisotopic (exact) mass is 388 g/mol. The first kappa shape index (κ1) is 17.1. The first-order valence-electron chi connectivity index (χ1n) is 3.89. The quantitative estimate of drug-likeness (QED) is 0.493. The van der Waals surface area contributed by atoms with Gasteiger partial charge < -0.3 is 0 Å². The second-order valence-corrected chi connectivity index (χ2v) is 16.6. The molecule has 17 heavy (non-hydrogen) atoms. The van der Waals surface area contributed by atoms with Crippen molar-refractivity contribution >= 4 is 18.4 Å². The van der Waals surface area contributed by atoms with Crippen LogP contribution in [0.15, 0.2) is 0 Å². The van der Waals surface area contributed by atoms with Gasteiger partial charge in [0.05, 0.1) is 0 Å². The second kappa shape index (κ2) is 4.05. The second-order valence-electron chi connectivity index (χ2n) is 3.77. The molecule has 0 N–H and O–H groups in total. The SMILES string of the molecule is [CH3][Sn]([CH3])([C](F)(F)C(F)(F)F)[C](F)(F)C(F)(F)F. The summed E-state index contributed by atoms with van der Waals surface area (Å²) < 4.78 is 110. The molecule has 0 aliphatic rings. The first-order valence-corrected chi connectivity index (χ1v) is 12.5. The average molecular weight is 387 g/mol. The van der Waals surface area contributed by atoms with Crippen molar-refractivity contribution in [2.24, 2.45) is 0 Å². The Morgan fingerprint density at radius 3 is 0.824 bits per heavy atom. The number of rotatable bonds is 2. The normalized spacial score (nSPS) is 16.2. The zero-order valence-electron chi connectivity index (χ0n) is 8.28. The van der Waals surface area contributed by atoms with Crippen LogP contribution >= 0.6 is 0 Å². The molecule has 0 aromatic heterocycles. The molecule has 0 bridgehead atoms. The number of halogens is 10. The van der Waals surface area contributed by atoms with E-state index in [-0.39, 0.29) is 9.88 Å². The summed E-state index contributed by atoms with van der Waals surface area (Å²) >= 11 is -7.21. The van der Waals surface area contributed by atoms with Crippen LogP contribution in [-0.4, -0.2) is 38.6 Å². The molecule has 0 atom stereocenters. The van der Waals surface area contributed by atoms with E-state index in [2.05, 4.69) is 0 Å². The fraction of sp³-hybridized carbons (Fsp3) is 1.00. The molecule has 104 valence electrons. The molecule has 0 saturated carbocycles. The summed E-state index contributed by atoms with van der Waals surface area (Å²) in [6.45, 7) is 0. The van der Waals surface area contributed by atoms with Crippen molar-refractivity contribution in [1.29, 1.82) is 0 Å². The van der Waals surface area contributed by atoms with Crippen LogP contribution in [0.5, 0.6) is 0 Å². The Morgan fingerprint density at radius 2 is 0.706 bits per heavy atom. The predicted molar refractivity (Wildman–Crippen MR) is 39.5 cm³/mol. The van der Waals surface area contributed by atoms with E-state index in [1.807, 2.05) is 0 Å². The van der Waals surface area contributed by atoms with Gasteiger partial charge in [-0.2, -0.15) is 0 Å². The zero-order valence-corrected chi connectivity index (χ0v) is 11.1. The maximum atomic E-state index is 12.7. The predicted octanol–water partition coefficient (Wildman–Crippen LogP) is 4.17. The Hall–Kier alpha value is 0.0987. The van der Waals surface area contributed by atoms with E-state index in [9.17, 15) is 43.9 Å². The van der Waals surface area contributed by atoms with Gasteiger partial charge in [-0.3, -0.25) is 0 Å². The molecule has 0 aliphatic heterocycles. The molecule has 0 fully saturated rings. The molecule has 0 rings (SSSR count). The number of hydrogen-bond acceptors (Lipinski definition) is 0. The third kappa shape index (κ3) is 2.46.